The summed E-state index contributed by atoms with van der Waals surface area (Å²) in [5, 5.41) is 1.92. The molecule has 1 rings (SSSR count). The van der Waals surface area contributed by atoms with Crippen LogP contribution in [0.1, 0.15) is 18.7 Å². The minimum Gasteiger partial charge on any atom is -0.451 e. The van der Waals surface area contributed by atoms with E-state index in [1.165, 1.54) is 18.3 Å². The second-order valence-electron chi connectivity index (χ2n) is 3.57. The van der Waals surface area contributed by atoms with Gasteiger partial charge in [0.25, 0.3) is 0 Å². The lowest BCUT2D eigenvalue weighted by Crippen LogP contribution is -2.27. The molecular weight excluding hydrogens is 224 g/mol. The first kappa shape index (κ1) is 12.6. The minimum absolute atomic E-state index is 0.150. The van der Waals surface area contributed by atoms with E-state index in [0.29, 0.717) is 12.0 Å². The third kappa shape index (κ3) is 3.62. The number of hydrogen-bond donors (Lipinski definition) is 0. The highest BCUT2D eigenvalue weighted by Crippen LogP contribution is 2.14. The Morgan fingerprint density at radius 3 is 2.62 bits per heavy atom. The van der Waals surface area contributed by atoms with Crippen molar-refractivity contribution in [3.8, 4) is 0 Å². The molecule has 0 aliphatic heterocycles. The molecule has 0 amide bonds. The predicted octanol–water partition coefficient (Wildman–Crippen LogP) is 2.37. The summed E-state index contributed by atoms with van der Waals surface area (Å²) in [5.41, 5.74) is 0.303. The van der Waals surface area contributed by atoms with Gasteiger partial charge in [-0.25, -0.2) is 4.79 Å². The van der Waals surface area contributed by atoms with Crippen molar-refractivity contribution < 1.29 is 14.3 Å². The Morgan fingerprint density at radius 1 is 1.50 bits per heavy atom. The van der Waals surface area contributed by atoms with E-state index >= 15 is 0 Å². The van der Waals surface area contributed by atoms with E-state index in [-0.39, 0.29) is 5.78 Å². The fraction of sp³-hybridized carbons (Fsp3) is 0.333. The van der Waals surface area contributed by atoms with Crippen LogP contribution in [0.15, 0.2) is 29.7 Å². The first-order chi connectivity index (χ1) is 7.50. The number of carbonyl (C=O) groups is 2. The molecule has 1 atom stereocenters. The Balaban J connectivity index is 2.65. The first-order valence-corrected chi connectivity index (χ1v) is 5.78. The summed E-state index contributed by atoms with van der Waals surface area (Å²) >= 11 is 1.54. The Labute approximate surface area is 98.7 Å². The molecule has 1 aromatic heterocycles. The molecule has 0 spiro atoms. The van der Waals surface area contributed by atoms with Crippen LogP contribution in [0.3, 0.4) is 0 Å². The van der Waals surface area contributed by atoms with Gasteiger partial charge in [-0.2, -0.15) is 0 Å². The molecule has 0 fully saturated rings. The van der Waals surface area contributed by atoms with Crippen molar-refractivity contribution in [3.63, 3.8) is 0 Å². The van der Waals surface area contributed by atoms with Crippen LogP contribution in [0.4, 0.5) is 0 Å². The van der Waals surface area contributed by atoms with Gasteiger partial charge < -0.3 is 4.74 Å². The number of Topliss-reactive ketones (excluding diaryl/α,β-unsaturated/α-hetero) is 1. The number of carbonyl (C=O) groups excluding carboxylic acids is 2. The Kier molecular flexibility index (Phi) is 4.43. The summed E-state index contributed by atoms with van der Waals surface area (Å²) in [7, 11) is 0. The summed E-state index contributed by atoms with van der Waals surface area (Å²) < 4.78 is 5.07. The van der Waals surface area contributed by atoms with E-state index in [0.717, 1.165) is 4.88 Å². The zero-order valence-corrected chi connectivity index (χ0v) is 10.2. The molecule has 0 aliphatic carbocycles. The zero-order chi connectivity index (χ0) is 12.1. The highest BCUT2D eigenvalue weighted by Gasteiger charge is 2.20. The zero-order valence-electron chi connectivity index (χ0n) is 9.36. The van der Waals surface area contributed by atoms with Gasteiger partial charge in [0.1, 0.15) is 0 Å². The fourth-order valence-electron chi connectivity index (χ4n) is 1.11. The number of esters is 1. The van der Waals surface area contributed by atoms with Gasteiger partial charge in [0.05, 0.1) is 0 Å². The molecule has 86 valence electrons. The number of hydrogen-bond acceptors (Lipinski definition) is 4. The summed E-state index contributed by atoms with van der Waals surface area (Å²) in [5.74, 6) is -0.667. The summed E-state index contributed by atoms with van der Waals surface area (Å²) in [6, 6.07) is 3.81. The second-order valence-corrected chi connectivity index (χ2v) is 4.60. The quantitative estimate of drug-likeness (QED) is 0.584. The van der Waals surface area contributed by atoms with Crippen LogP contribution in [0.2, 0.25) is 0 Å². The summed E-state index contributed by atoms with van der Waals surface area (Å²) in [6.45, 7) is 6.46. The average Bonchev–Trinajstić information content (AvgIpc) is 2.68. The van der Waals surface area contributed by atoms with Crippen molar-refractivity contribution in [1.29, 1.82) is 0 Å². The predicted molar refractivity (Wildman–Crippen MR) is 63.4 cm³/mol. The van der Waals surface area contributed by atoms with Gasteiger partial charge in [0.15, 0.2) is 11.9 Å². The molecule has 3 nitrogen and oxygen atoms in total. The summed E-state index contributed by atoms with van der Waals surface area (Å²) in [4.78, 5) is 23.7. The maximum Gasteiger partial charge on any atom is 0.333 e. The second kappa shape index (κ2) is 5.61. The van der Waals surface area contributed by atoms with Crippen molar-refractivity contribution in [2.45, 2.75) is 26.4 Å². The molecule has 0 aromatic carbocycles. The largest absolute Gasteiger partial charge is 0.451 e. The molecule has 0 N–H and O–H groups in total. The molecule has 4 heteroatoms. The van der Waals surface area contributed by atoms with Crippen LogP contribution in [0, 0.1) is 0 Å². The lowest BCUT2D eigenvalue weighted by molar-refractivity contribution is -0.150. The van der Waals surface area contributed by atoms with Gasteiger partial charge in [0, 0.05) is 16.9 Å². The molecule has 1 aromatic rings. The smallest absolute Gasteiger partial charge is 0.333 e. The lowest BCUT2D eigenvalue weighted by atomic mass is 10.1. The van der Waals surface area contributed by atoms with Crippen molar-refractivity contribution in [3.05, 3.63) is 34.5 Å². The normalized spacial score (nSPS) is 11.9. The van der Waals surface area contributed by atoms with Crippen molar-refractivity contribution in [1.82, 2.24) is 0 Å². The molecular formula is C12H14O3S. The van der Waals surface area contributed by atoms with Crippen molar-refractivity contribution in [2.75, 3.05) is 0 Å². The van der Waals surface area contributed by atoms with E-state index in [4.69, 9.17) is 4.74 Å². The SMILES string of the molecule is C=C(C)C(=O)OC(Cc1cccs1)C(C)=O. The highest BCUT2D eigenvalue weighted by atomic mass is 32.1. The summed E-state index contributed by atoms with van der Waals surface area (Å²) in [6.07, 6.45) is -0.269. The van der Waals surface area contributed by atoms with Crippen LogP contribution < -0.4 is 0 Å². The van der Waals surface area contributed by atoms with Crippen LogP contribution in [-0.4, -0.2) is 17.9 Å². The van der Waals surface area contributed by atoms with E-state index in [1.807, 2.05) is 17.5 Å². The maximum absolute atomic E-state index is 11.3. The van der Waals surface area contributed by atoms with E-state index < -0.39 is 12.1 Å². The third-order valence-corrected chi connectivity index (χ3v) is 2.92. The lowest BCUT2D eigenvalue weighted by Gasteiger charge is -2.14. The molecule has 0 aliphatic rings. The Bertz CT molecular complexity index is 392. The standard InChI is InChI=1S/C12H14O3S/c1-8(2)12(14)15-11(9(3)13)7-10-5-4-6-16-10/h4-6,11H,1,7H2,2-3H3. The molecule has 16 heavy (non-hydrogen) atoms. The fourth-order valence-corrected chi connectivity index (χ4v) is 1.85. The van der Waals surface area contributed by atoms with Crippen molar-refractivity contribution in [2.24, 2.45) is 0 Å². The molecule has 0 radical (unpaired) electrons. The van der Waals surface area contributed by atoms with Crippen molar-refractivity contribution >= 4 is 23.1 Å². The molecule has 1 heterocycles. The highest BCUT2D eigenvalue weighted by molar-refractivity contribution is 7.09. The van der Waals surface area contributed by atoms with Gasteiger partial charge in [-0.05, 0) is 25.3 Å². The molecule has 0 saturated heterocycles. The Morgan fingerprint density at radius 2 is 2.19 bits per heavy atom. The van der Waals surface area contributed by atoms with E-state index in [2.05, 4.69) is 6.58 Å². The maximum atomic E-state index is 11.3. The first-order valence-electron chi connectivity index (χ1n) is 4.90. The number of ether oxygens (including phenoxy) is 1. The molecule has 0 bridgehead atoms. The van der Waals surface area contributed by atoms with Crippen LogP contribution in [-0.2, 0) is 20.7 Å². The topological polar surface area (TPSA) is 43.4 Å². The molecule has 0 saturated carbocycles. The van der Waals surface area contributed by atoms with Crippen LogP contribution in [0.25, 0.3) is 0 Å². The Hall–Kier alpha value is -1.42. The van der Waals surface area contributed by atoms with Gasteiger partial charge >= 0.3 is 5.97 Å². The number of thiophene rings is 1. The number of rotatable bonds is 5. The minimum atomic E-state index is -0.706. The average molecular weight is 238 g/mol. The monoisotopic (exact) mass is 238 g/mol. The third-order valence-electron chi connectivity index (χ3n) is 2.02. The van der Waals surface area contributed by atoms with E-state index in [1.54, 1.807) is 6.92 Å². The van der Waals surface area contributed by atoms with Gasteiger partial charge in [-0.1, -0.05) is 12.6 Å². The van der Waals surface area contributed by atoms with Gasteiger partial charge in [0.2, 0.25) is 0 Å². The van der Waals surface area contributed by atoms with E-state index in [9.17, 15) is 9.59 Å². The van der Waals surface area contributed by atoms with Gasteiger partial charge in [-0.3, -0.25) is 4.79 Å². The van der Waals surface area contributed by atoms with Crippen LogP contribution >= 0.6 is 11.3 Å². The molecule has 1 unspecified atom stereocenters. The van der Waals surface area contributed by atoms with Crippen LogP contribution in [0.5, 0.6) is 0 Å². The van der Waals surface area contributed by atoms with Gasteiger partial charge in [-0.15, -0.1) is 11.3 Å². The number of ketones is 1.